The maximum Gasteiger partial charge on any atom is 0.142 e. The van der Waals surface area contributed by atoms with Gasteiger partial charge in [0.25, 0.3) is 0 Å². The van der Waals surface area contributed by atoms with Crippen LogP contribution in [0.5, 0.6) is 11.5 Å². The van der Waals surface area contributed by atoms with Gasteiger partial charge in [-0.05, 0) is 39.0 Å². The molecule has 0 radical (unpaired) electrons. The predicted octanol–water partition coefficient (Wildman–Crippen LogP) is 4.50. The van der Waals surface area contributed by atoms with Gasteiger partial charge in [-0.2, -0.15) is 0 Å². The molecule has 0 spiro atoms. The molecule has 0 fully saturated rings. The number of benzene rings is 2. The second-order valence-electron chi connectivity index (χ2n) is 5.67. The van der Waals surface area contributed by atoms with Crippen LogP contribution in [0.3, 0.4) is 0 Å². The van der Waals surface area contributed by atoms with Crippen LogP contribution in [0.1, 0.15) is 26.3 Å². The SMILES string of the molecule is CCOCCOc1ccccc1NCc1ccccc1OC(C)C. The molecular weight excluding hydrogens is 302 g/mol. The Hall–Kier alpha value is -2.20. The van der Waals surface area contributed by atoms with E-state index in [0.717, 1.165) is 22.7 Å². The van der Waals surface area contributed by atoms with Crippen molar-refractivity contribution in [3.63, 3.8) is 0 Å². The minimum absolute atomic E-state index is 0.153. The quantitative estimate of drug-likeness (QED) is 0.651. The molecule has 24 heavy (non-hydrogen) atoms. The van der Waals surface area contributed by atoms with E-state index in [1.165, 1.54) is 0 Å². The molecule has 0 aliphatic rings. The van der Waals surface area contributed by atoms with Crippen molar-refractivity contribution in [1.82, 2.24) is 0 Å². The number of ether oxygens (including phenoxy) is 3. The van der Waals surface area contributed by atoms with E-state index >= 15 is 0 Å². The van der Waals surface area contributed by atoms with Gasteiger partial charge in [-0.25, -0.2) is 0 Å². The van der Waals surface area contributed by atoms with E-state index in [4.69, 9.17) is 14.2 Å². The van der Waals surface area contributed by atoms with E-state index < -0.39 is 0 Å². The van der Waals surface area contributed by atoms with Crippen LogP contribution in [0.2, 0.25) is 0 Å². The molecule has 0 unspecified atom stereocenters. The molecule has 2 rings (SSSR count). The van der Waals surface area contributed by atoms with Crippen molar-refractivity contribution in [3.05, 3.63) is 54.1 Å². The molecule has 4 nitrogen and oxygen atoms in total. The first-order chi connectivity index (χ1) is 11.7. The molecule has 0 bridgehead atoms. The van der Waals surface area contributed by atoms with Crippen molar-refractivity contribution < 1.29 is 14.2 Å². The highest BCUT2D eigenvalue weighted by atomic mass is 16.5. The molecule has 0 aromatic heterocycles. The zero-order chi connectivity index (χ0) is 17.2. The maximum atomic E-state index is 5.87. The standard InChI is InChI=1S/C20H27NO3/c1-4-22-13-14-23-20-12-8-6-10-18(20)21-15-17-9-5-7-11-19(17)24-16(2)3/h5-12,16,21H,4,13-15H2,1-3H3. The van der Waals surface area contributed by atoms with E-state index in [9.17, 15) is 0 Å². The van der Waals surface area contributed by atoms with Gasteiger partial charge >= 0.3 is 0 Å². The van der Waals surface area contributed by atoms with Crippen molar-refractivity contribution in [2.45, 2.75) is 33.4 Å². The lowest BCUT2D eigenvalue weighted by Gasteiger charge is -2.16. The van der Waals surface area contributed by atoms with Gasteiger partial charge in [0, 0.05) is 18.7 Å². The number of nitrogens with one attached hydrogen (secondary N) is 1. The van der Waals surface area contributed by atoms with E-state index in [1.54, 1.807) is 0 Å². The summed E-state index contributed by atoms with van der Waals surface area (Å²) < 4.78 is 17.0. The molecule has 0 saturated heterocycles. The molecule has 4 heteroatoms. The third kappa shape index (κ3) is 5.78. The van der Waals surface area contributed by atoms with Crippen molar-refractivity contribution in [2.75, 3.05) is 25.1 Å². The molecule has 0 saturated carbocycles. The van der Waals surface area contributed by atoms with Crippen LogP contribution < -0.4 is 14.8 Å². The number of hydrogen-bond donors (Lipinski definition) is 1. The van der Waals surface area contributed by atoms with E-state index in [2.05, 4.69) is 11.4 Å². The van der Waals surface area contributed by atoms with Crippen molar-refractivity contribution in [3.8, 4) is 11.5 Å². The lowest BCUT2D eigenvalue weighted by atomic mass is 10.2. The smallest absolute Gasteiger partial charge is 0.142 e. The first-order valence-electron chi connectivity index (χ1n) is 8.48. The van der Waals surface area contributed by atoms with Gasteiger partial charge in [-0.15, -0.1) is 0 Å². The average Bonchev–Trinajstić information content (AvgIpc) is 2.58. The van der Waals surface area contributed by atoms with Crippen molar-refractivity contribution in [1.29, 1.82) is 0 Å². The maximum absolute atomic E-state index is 5.87. The monoisotopic (exact) mass is 329 g/mol. The Labute approximate surface area is 144 Å². The van der Waals surface area contributed by atoms with E-state index in [-0.39, 0.29) is 6.10 Å². The van der Waals surface area contributed by atoms with Crippen LogP contribution in [0.15, 0.2) is 48.5 Å². The van der Waals surface area contributed by atoms with Crippen LogP contribution in [0.4, 0.5) is 5.69 Å². The Morgan fingerprint density at radius 2 is 1.62 bits per heavy atom. The minimum atomic E-state index is 0.153. The summed E-state index contributed by atoms with van der Waals surface area (Å²) in [5.41, 5.74) is 2.09. The summed E-state index contributed by atoms with van der Waals surface area (Å²) in [5.74, 6) is 1.74. The minimum Gasteiger partial charge on any atom is -0.491 e. The fourth-order valence-electron chi connectivity index (χ4n) is 2.30. The summed E-state index contributed by atoms with van der Waals surface area (Å²) in [6.45, 7) is 8.56. The molecule has 0 atom stereocenters. The molecular formula is C20H27NO3. The van der Waals surface area contributed by atoms with Gasteiger partial charge in [0.05, 0.1) is 18.4 Å². The van der Waals surface area contributed by atoms with Crippen LogP contribution in [0.25, 0.3) is 0 Å². The average molecular weight is 329 g/mol. The zero-order valence-corrected chi connectivity index (χ0v) is 14.7. The lowest BCUT2D eigenvalue weighted by molar-refractivity contribution is 0.110. The topological polar surface area (TPSA) is 39.7 Å². The first-order valence-corrected chi connectivity index (χ1v) is 8.48. The Morgan fingerprint density at radius 1 is 0.917 bits per heavy atom. The third-order valence-corrected chi connectivity index (χ3v) is 3.38. The van der Waals surface area contributed by atoms with E-state index in [1.807, 2.05) is 63.2 Å². The Kier molecular flexibility index (Phi) is 7.43. The fraction of sp³-hybridized carbons (Fsp3) is 0.400. The van der Waals surface area contributed by atoms with Crippen LogP contribution in [-0.2, 0) is 11.3 Å². The highest BCUT2D eigenvalue weighted by Crippen LogP contribution is 2.26. The second kappa shape index (κ2) is 9.83. The van der Waals surface area contributed by atoms with Crippen molar-refractivity contribution in [2.24, 2.45) is 0 Å². The van der Waals surface area contributed by atoms with Gasteiger partial charge < -0.3 is 19.5 Å². The van der Waals surface area contributed by atoms with Gasteiger partial charge in [-0.1, -0.05) is 30.3 Å². The van der Waals surface area contributed by atoms with Crippen LogP contribution in [0, 0.1) is 0 Å². The summed E-state index contributed by atoms with van der Waals surface area (Å²) in [5, 5.41) is 3.44. The molecule has 2 aromatic rings. The third-order valence-electron chi connectivity index (χ3n) is 3.38. The summed E-state index contributed by atoms with van der Waals surface area (Å²) >= 11 is 0. The Bertz CT molecular complexity index is 613. The number of rotatable bonds is 10. The summed E-state index contributed by atoms with van der Waals surface area (Å²) in [4.78, 5) is 0. The molecule has 0 amide bonds. The highest BCUT2D eigenvalue weighted by molar-refractivity contribution is 5.56. The summed E-state index contributed by atoms with van der Waals surface area (Å²) in [7, 11) is 0. The fourth-order valence-corrected chi connectivity index (χ4v) is 2.30. The largest absolute Gasteiger partial charge is 0.491 e. The van der Waals surface area contributed by atoms with Gasteiger partial charge in [0.15, 0.2) is 0 Å². The Balaban J connectivity index is 1.99. The molecule has 2 aromatic carbocycles. The lowest BCUT2D eigenvalue weighted by Crippen LogP contribution is -2.10. The molecule has 0 aliphatic carbocycles. The highest BCUT2D eigenvalue weighted by Gasteiger charge is 2.07. The van der Waals surface area contributed by atoms with Gasteiger partial charge in [0.1, 0.15) is 18.1 Å². The van der Waals surface area contributed by atoms with Crippen LogP contribution in [-0.4, -0.2) is 25.9 Å². The predicted molar refractivity (Wildman–Crippen MR) is 98.0 cm³/mol. The molecule has 0 aliphatic heterocycles. The molecule has 1 N–H and O–H groups in total. The van der Waals surface area contributed by atoms with Gasteiger partial charge in [-0.3, -0.25) is 0 Å². The summed E-state index contributed by atoms with van der Waals surface area (Å²) in [6.07, 6.45) is 0.153. The number of para-hydroxylation sites is 3. The Morgan fingerprint density at radius 3 is 2.38 bits per heavy atom. The summed E-state index contributed by atoms with van der Waals surface area (Å²) in [6, 6.07) is 16.0. The van der Waals surface area contributed by atoms with Crippen molar-refractivity contribution >= 4 is 5.69 Å². The number of hydrogen-bond acceptors (Lipinski definition) is 4. The van der Waals surface area contributed by atoms with Crippen LogP contribution >= 0.6 is 0 Å². The normalized spacial score (nSPS) is 10.7. The zero-order valence-electron chi connectivity index (χ0n) is 14.7. The van der Waals surface area contributed by atoms with Gasteiger partial charge in [0.2, 0.25) is 0 Å². The van der Waals surface area contributed by atoms with E-state index in [0.29, 0.717) is 26.4 Å². The first kappa shape index (κ1) is 18.1. The molecule has 130 valence electrons. The second-order valence-corrected chi connectivity index (χ2v) is 5.67. The number of anilines is 1. The molecule has 0 heterocycles.